The summed E-state index contributed by atoms with van der Waals surface area (Å²) in [5, 5.41) is 9.30. The molecule has 0 bridgehead atoms. The van der Waals surface area contributed by atoms with Gasteiger partial charge in [0.15, 0.2) is 0 Å². The number of rotatable bonds is 1. The number of alkyl halides is 3. The van der Waals surface area contributed by atoms with Crippen LogP contribution in [0.25, 0.3) is 0 Å². The van der Waals surface area contributed by atoms with Crippen LogP contribution in [0.4, 0.5) is 13.2 Å². The number of aliphatic hydroxyl groups excluding tert-OH is 1. The van der Waals surface area contributed by atoms with Gasteiger partial charge >= 0.3 is 6.18 Å². The lowest BCUT2D eigenvalue weighted by Crippen LogP contribution is -2.33. The van der Waals surface area contributed by atoms with E-state index in [4.69, 9.17) is 0 Å². The van der Waals surface area contributed by atoms with Gasteiger partial charge in [-0.2, -0.15) is 25.8 Å². The molecule has 0 radical (unpaired) electrons. The predicted molar refractivity (Wildman–Crippen MR) is 55.6 cm³/mol. The van der Waals surface area contributed by atoms with Crippen LogP contribution in [0.15, 0.2) is 4.99 Å². The molecule has 1 N–H and O–H groups in total. The highest BCUT2D eigenvalue weighted by molar-refractivity contribution is 7.81. The summed E-state index contributed by atoms with van der Waals surface area (Å²) in [4.78, 5) is 3.59. The molecule has 1 fully saturated rings. The zero-order valence-electron chi connectivity index (χ0n) is 8.33. The van der Waals surface area contributed by atoms with E-state index in [1.54, 1.807) is 0 Å². The Labute approximate surface area is 92.0 Å². The van der Waals surface area contributed by atoms with E-state index >= 15 is 0 Å². The average Bonchev–Trinajstić information content (AvgIpc) is 2.10. The molecule has 1 aliphatic rings. The smallest absolute Gasteiger partial charge is 0.392 e. The Morgan fingerprint density at radius 1 is 1.40 bits per heavy atom. The van der Waals surface area contributed by atoms with E-state index in [0.29, 0.717) is 12.8 Å². The predicted octanol–water partition coefficient (Wildman–Crippen LogP) is 2.22. The molecule has 0 aromatic heterocycles. The Balaban J connectivity index is 2.60. The Morgan fingerprint density at radius 2 is 2.00 bits per heavy atom. The van der Waals surface area contributed by atoms with E-state index in [1.165, 1.54) is 0 Å². The van der Waals surface area contributed by atoms with Crippen molar-refractivity contribution in [1.29, 1.82) is 0 Å². The lowest BCUT2D eigenvalue weighted by molar-refractivity contribution is -0.0598. The van der Waals surface area contributed by atoms with Gasteiger partial charge in [-0.3, -0.25) is 4.99 Å². The summed E-state index contributed by atoms with van der Waals surface area (Å²) in [6.45, 7) is 0.958. The summed E-state index contributed by atoms with van der Waals surface area (Å²) in [5.74, 6) is 0. The molecular formula is C9H14F3NOS. The third kappa shape index (κ3) is 3.68. The fourth-order valence-electron chi connectivity index (χ4n) is 1.57. The quantitative estimate of drug-likeness (QED) is 0.535. The first-order chi connectivity index (χ1) is 6.80. The number of nitrogens with zero attached hydrogens (tertiary/aromatic N) is 1. The average molecular weight is 241 g/mol. The van der Waals surface area contributed by atoms with Gasteiger partial charge in [-0.15, -0.1) is 0 Å². The second-order valence-electron chi connectivity index (χ2n) is 3.81. The maximum Gasteiger partial charge on any atom is 0.428 e. The molecule has 0 aromatic carbocycles. The second-order valence-corrected chi connectivity index (χ2v) is 4.48. The third-order valence-electron chi connectivity index (χ3n) is 2.54. The highest BCUT2D eigenvalue weighted by atomic mass is 32.1. The molecule has 2 nitrogen and oxygen atoms in total. The summed E-state index contributed by atoms with van der Waals surface area (Å²) in [6.07, 6.45) is -3.59. The van der Waals surface area contributed by atoms with E-state index in [0.717, 1.165) is 6.92 Å². The summed E-state index contributed by atoms with van der Waals surface area (Å²) in [7, 11) is 0. The number of halogens is 3. The van der Waals surface area contributed by atoms with Crippen molar-refractivity contribution < 1.29 is 18.3 Å². The topological polar surface area (TPSA) is 32.6 Å². The Kier molecular flexibility index (Phi) is 4.06. The monoisotopic (exact) mass is 241 g/mol. The SMILES string of the molecule is CC(=NC1CCC(S)C(O)C1)C(F)(F)F. The molecular weight excluding hydrogens is 227 g/mol. The molecule has 1 rings (SSSR count). The Morgan fingerprint density at radius 3 is 2.47 bits per heavy atom. The molecule has 15 heavy (non-hydrogen) atoms. The van der Waals surface area contributed by atoms with Crippen molar-refractivity contribution in [2.75, 3.05) is 0 Å². The molecule has 6 heteroatoms. The van der Waals surface area contributed by atoms with Gasteiger partial charge < -0.3 is 5.11 Å². The summed E-state index contributed by atoms with van der Waals surface area (Å²) < 4.78 is 36.5. The van der Waals surface area contributed by atoms with Crippen molar-refractivity contribution >= 4 is 18.3 Å². The van der Waals surface area contributed by atoms with Crippen LogP contribution in [0.2, 0.25) is 0 Å². The van der Waals surface area contributed by atoms with Crippen molar-refractivity contribution in [1.82, 2.24) is 0 Å². The molecule has 0 aliphatic heterocycles. The molecule has 3 unspecified atom stereocenters. The molecule has 88 valence electrons. The number of aliphatic imine (C=N–C) groups is 1. The highest BCUT2D eigenvalue weighted by Gasteiger charge is 2.34. The van der Waals surface area contributed by atoms with E-state index < -0.39 is 24.0 Å². The van der Waals surface area contributed by atoms with Crippen molar-refractivity contribution in [2.45, 2.75) is 49.8 Å². The van der Waals surface area contributed by atoms with E-state index in [-0.39, 0.29) is 11.7 Å². The van der Waals surface area contributed by atoms with Gasteiger partial charge in [-0.25, -0.2) is 0 Å². The molecule has 0 saturated heterocycles. The maximum atomic E-state index is 12.2. The maximum absolute atomic E-state index is 12.2. The first-order valence-electron chi connectivity index (χ1n) is 4.78. The summed E-state index contributed by atoms with van der Waals surface area (Å²) in [6, 6.07) is -0.426. The van der Waals surface area contributed by atoms with Crippen molar-refractivity contribution in [3.05, 3.63) is 0 Å². The van der Waals surface area contributed by atoms with Gasteiger partial charge in [0.05, 0.1) is 12.1 Å². The van der Waals surface area contributed by atoms with Crippen LogP contribution in [0, 0.1) is 0 Å². The van der Waals surface area contributed by atoms with Crippen molar-refractivity contribution in [2.24, 2.45) is 4.99 Å². The van der Waals surface area contributed by atoms with E-state index in [2.05, 4.69) is 17.6 Å². The van der Waals surface area contributed by atoms with Crippen LogP contribution in [0.1, 0.15) is 26.2 Å². The zero-order valence-corrected chi connectivity index (χ0v) is 9.22. The Bertz CT molecular complexity index is 254. The van der Waals surface area contributed by atoms with Crippen molar-refractivity contribution in [3.63, 3.8) is 0 Å². The third-order valence-corrected chi connectivity index (χ3v) is 3.14. The van der Waals surface area contributed by atoms with Crippen LogP contribution in [0.3, 0.4) is 0 Å². The summed E-state index contributed by atoms with van der Waals surface area (Å²) >= 11 is 4.12. The van der Waals surface area contributed by atoms with Gasteiger partial charge in [0.1, 0.15) is 5.71 Å². The highest BCUT2D eigenvalue weighted by Crippen LogP contribution is 2.27. The lowest BCUT2D eigenvalue weighted by atomic mass is 9.93. The number of hydrogen-bond donors (Lipinski definition) is 2. The number of aliphatic hydroxyl groups is 1. The minimum absolute atomic E-state index is 0.136. The number of hydrogen-bond acceptors (Lipinski definition) is 3. The molecule has 1 saturated carbocycles. The van der Waals surface area contributed by atoms with E-state index in [1.807, 2.05) is 0 Å². The minimum atomic E-state index is -4.36. The van der Waals surface area contributed by atoms with Crippen LogP contribution < -0.4 is 0 Å². The van der Waals surface area contributed by atoms with Crippen LogP contribution >= 0.6 is 12.6 Å². The standard InChI is InChI=1S/C9H14F3NOS/c1-5(9(10,11)12)13-6-2-3-8(15)7(14)4-6/h6-8,14-15H,2-4H2,1H3. The lowest BCUT2D eigenvalue weighted by Gasteiger charge is -2.28. The molecule has 0 heterocycles. The van der Waals surface area contributed by atoms with Gasteiger partial charge in [0.25, 0.3) is 0 Å². The molecule has 0 spiro atoms. The molecule has 0 aromatic rings. The fraction of sp³-hybridized carbons (Fsp3) is 0.889. The van der Waals surface area contributed by atoms with E-state index in [9.17, 15) is 18.3 Å². The largest absolute Gasteiger partial charge is 0.428 e. The minimum Gasteiger partial charge on any atom is -0.392 e. The van der Waals surface area contributed by atoms with Crippen molar-refractivity contribution in [3.8, 4) is 0 Å². The van der Waals surface area contributed by atoms with Gasteiger partial charge in [-0.05, 0) is 26.2 Å². The van der Waals surface area contributed by atoms with Gasteiger partial charge in [0, 0.05) is 5.25 Å². The normalized spacial score (nSPS) is 34.3. The zero-order chi connectivity index (χ0) is 11.6. The van der Waals surface area contributed by atoms with Crippen LogP contribution in [0.5, 0.6) is 0 Å². The van der Waals surface area contributed by atoms with Gasteiger partial charge in [0.2, 0.25) is 0 Å². The molecule has 0 amide bonds. The van der Waals surface area contributed by atoms with Crippen LogP contribution in [-0.4, -0.2) is 34.4 Å². The first kappa shape index (κ1) is 12.8. The first-order valence-corrected chi connectivity index (χ1v) is 5.30. The molecule has 1 aliphatic carbocycles. The summed E-state index contributed by atoms with van der Waals surface area (Å²) in [5.41, 5.74) is -0.822. The Hall–Kier alpha value is -0.230. The van der Waals surface area contributed by atoms with Gasteiger partial charge in [-0.1, -0.05) is 0 Å². The fourth-order valence-corrected chi connectivity index (χ4v) is 1.84. The second kappa shape index (κ2) is 4.74. The van der Waals surface area contributed by atoms with Crippen LogP contribution in [-0.2, 0) is 0 Å². The molecule has 3 atom stereocenters. The number of thiol groups is 1.